The Labute approximate surface area is 321 Å². The van der Waals surface area contributed by atoms with Crippen LogP contribution in [0, 0.1) is 0 Å². The van der Waals surface area contributed by atoms with Crippen molar-refractivity contribution >= 4 is 68.5 Å². The average molecular weight is 759 g/mol. The summed E-state index contributed by atoms with van der Waals surface area (Å²) in [5.74, 6) is -0.0349. The molecule has 0 bridgehead atoms. The Kier molecular flexibility index (Phi) is 12.3. The lowest BCUT2D eigenvalue weighted by molar-refractivity contribution is -0.116. The Balaban J connectivity index is 1.17. The molecule has 6 rings (SSSR count). The number of anilines is 2. The Hall–Kier alpha value is -6.11. The Morgan fingerprint density at radius 1 is 0.796 bits per heavy atom. The van der Waals surface area contributed by atoms with Crippen molar-refractivity contribution in [2.75, 3.05) is 32.0 Å². The molecule has 3 amide bonds. The first-order chi connectivity index (χ1) is 26.3. The molecule has 6 aromatic rings. The molecule has 0 fully saturated rings. The summed E-state index contributed by atoms with van der Waals surface area (Å²) >= 11 is 2.76. The number of hydrogen-bond donors (Lipinski definition) is 3. The minimum atomic E-state index is -0.564. The third kappa shape index (κ3) is 9.08. The first kappa shape index (κ1) is 37.6. The van der Waals surface area contributed by atoms with Crippen LogP contribution in [-0.2, 0) is 9.59 Å². The van der Waals surface area contributed by atoms with E-state index in [4.69, 9.17) is 14.2 Å². The molecular formula is C42H38N4O6S2. The molecule has 0 aliphatic heterocycles. The number of ether oxygens (including phenoxy) is 3. The van der Waals surface area contributed by atoms with Crippen molar-refractivity contribution < 1.29 is 28.6 Å². The van der Waals surface area contributed by atoms with Crippen LogP contribution in [0.4, 0.5) is 10.8 Å². The summed E-state index contributed by atoms with van der Waals surface area (Å²) in [6, 6.07) is 33.5. The SMILES string of the molecule is CCC(Sc1cccc(NC(=O)/C(=C\c2cc(OC)c(OC)c(OC)c2)NC(=O)c2ccccc2)c1)C(=O)Nc1nc(-c2ccc3ccccc3c2)cs1. The smallest absolute Gasteiger partial charge is 0.272 e. The number of nitrogens with zero attached hydrogens (tertiary/aromatic N) is 1. The van der Waals surface area contributed by atoms with E-state index in [0.717, 1.165) is 26.9 Å². The van der Waals surface area contributed by atoms with E-state index in [1.165, 1.54) is 50.5 Å². The van der Waals surface area contributed by atoms with Gasteiger partial charge in [-0.25, -0.2) is 4.98 Å². The van der Waals surface area contributed by atoms with Gasteiger partial charge in [0.2, 0.25) is 11.7 Å². The van der Waals surface area contributed by atoms with E-state index in [0.29, 0.717) is 45.6 Å². The minimum absolute atomic E-state index is 0.0199. The van der Waals surface area contributed by atoms with Gasteiger partial charge < -0.3 is 30.2 Å². The second-order valence-electron chi connectivity index (χ2n) is 11.9. The largest absolute Gasteiger partial charge is 0.493 e. The first-order valence-electron chi connectivity index (χ1n) is 17.0. The van der Waals surface area contributed by atoms with Gasteiger partial charge in [-0.3, -0.25) is 14.4 Å². The van der Waals surface area contributed by atoms with E-state index < -0.39 is 17.1 Å². The van der Waals surface area contributed by atoms with Gasteiger partial charge in [0, 0.05) is 27.1 Å². The molecule has 274 valence electrons. The first-order valence-corrected chi connectivity index (χ1v) is 18.8. The molecule has 3 N–H and O–H groups in total. The number of thioether (sulfide) groups is 1. The highest BCUT2D eigenvalue weighted by molar-refractivity contribution is 8.00. The summed E-state index contributed by atoms with van der Waals surface area (Å²) in [5, 5.41) is 12.9. The summed E-state index contributed by atoms with van der Waals surface area (Å²) in [4.78, 5) is 46.0. The summed E-state index contributed by atoms with van der Waals surface area (Å²) in [6.45, 7) is 1.95. The van der Waals surface area contributed by atoms with Crippen molar-refractivity contribution in [2.24, 2.45) is 0 Å². The molecule has 12 heteroatoms. The number of aromatic nitrogens is 1. The quantitative estimate of drug-likeness (QED) is 0.0743. The topological polar surface area (TPSA) is 128 Å². The minimum Gasteiger partial charge on any atom is -0.493 e. The van der Waals surface area contributed by atoms with E-state index in [1.54, 1.807) is 60.7 Å². The Morgan fingerprint density at radius 3 is 2.22 bits per heavy atom. The summed E-state index contributed by atoms with van der Waals surface area (Å²) in [7, 11) is 4.49. The van der Waals surface area contributed by atoms with E-state index in [9.17, 15) is 14.4 Å². The van der Waals surface area contributed by atoms with Crippen LogP contribution >= 0.6 is 23.1 Å². The van der Waals surface area contributed by atoms with Crippen molar-refractivity contribution in [1.82, 2.24) is 10.3 Å². The zero-order chi connectivity index (χ0) is 38.0. The van der Waals surface area contributed by atoms with E-state index in [2.05, 4.69) is 45.2 Å². The molecule has 0 aliphatic rings. The number of carbonyl (C=O) groups excluding carboxylic acids is 3. The maximum Gasteiger partial charge on any atom is 0.272 e. The van der Waals surface area contributed by atoms with Crippen LogP contribution in [0.1, 0.15) is 29.3 Å². The highest BCUT2D eigenvalue weighted by Gasteiger charge is 2.21. The lowest BCUT2D eigenvalue weighted by Crippen LogP contribution is -2.30. The van der Waals surface area contributed by atoms with E-state index >= 15 is 0 Å². The summed E-state index contributed by atoms with van der Waals surface area (Å²) in [5.41, 5.74) is 3.13. The number of fused-ring (bicyclic) bond motifs is 1. The summed E-state index contributed by atoms with van der Waals surface area (Å²) in [6.07, 6.45) is 2.09. The molecule has 1 heterocycles. The maximum atomic E-state index is 13.8. The molecule has 0 spiro atoms. The van der Waals surface area contributed by atoms with Crippen molar-refractivity contribution in [3.8, 4) is 28.5 Å². The normalized spacial score (nSPS) is 11.7. The fourth-order valence-corrected chi connectivity index (χ4v) is 7.36. The lowest BCUT2D eigenvalue weighted by Gasteiger charge is -2.16. The molecule has 10 nitrogen and oxygen atoms in total. The third-order valence-corrected chi connectivity index (χ3v) is 10.5. The monoisotopic (exact) mass is 758 g/mol. The van der Waals surface area contributed by atoms with Gasteiger partial charge in [-0.2, -0.15) is 0 Å². The van der Waals surface area contributed by atoms with Crippen LogP contribution in [0.2, 0.25) is 0 Å². The van der Waals surface area contributed by atoms with Gasteiger partial charge in [-0.15, -0.1) is 23.1 Å². The van der Waals surface area contributed by atoms with Gasteiger partial charge in [0.15, 0.2) is 16.6 Å². The highest BCUT2D eigenvalue weighted by atomic mass is 32.2. The van der Waals surface area contributed by atoms with Crippen molar-refractivity contribution in [2.45, 2.75) is 23.5 Å². The second kappa shape index (κ2) is 17.6. The fourth-order valence-electron chi connectivity index (χ4n) is 5.62. The second-order valence-corrected chi connectivity index (χ2v) is 14.1. The number of carbonyl (C=O) groups is 3. The van der Waals surface area contributed by atoms with Crippen molar-refractivity contribution in [1.29, 1.82) is 0 Å². The zero-order valence-corrected chi connectivity index (χ0v) is 31.7. The molecule has 0 saturated carbocycles. The molecule has 0 saturated heterocycles. The van der Waals surface area contributed by atoms with Crippen LogP contribution in [-0.4, -0.2) is 49.3 Å². The van der Waals surface area contributed by atoms with E-state index in [-0.39, 0.29) is 11.6 Å². The predicted octanol–water partition coefficient (Wildman–Crippen LogP) is 8.91. The number of thiazole rings is 1. The standard InChI is InChI=1S/C42H38N4O6S2/c1-5-37(41(49)46-42-45-34(25-53-42)30-19-18-27-12-9-10-15-29(27)23-30)54-32-17-11-16-31(24-32)43-40(48)33(44-39(47)28-13-7-6-8-14-28)20-26-21-35(50-2)38(52-4)36(22-26)51-3/h6-25,37H,5H2,1-4H3,(H,43,48)(H,44,47)(H,45,46,49)/b33-20+. The maximum absolute atomic E-state index is 13.8. The predicted molar refractivity (Wildman–Crippen MR) is 217 cm³/mol. The number of rotatable bonds is 14. The fraction of sp³-hybridized carbons (Fsp3) is 0.143. The number of benzene rings is 5. The Morgan fingerprint density at radius 2 is 1.52 bits per heavy atom. The number of amides is 3. The molecule has 1 aromatic heterocycles. The van der Waals surface area contributed by atoms with Crippen molar-refractivity contribution in [3.05, 3.63) is 131 Å². The van der Waals surface area contributed by atoms with Gasteiger partial charge in [-0.1, -0.05) is 67.6 Å². The average Bonchev–Trinajstić information content (AvgIpc) is 3.67. The molecule has 54 heavy (non-hydrogen) atoms. The lowest BCUT2D eigenvalue weighted by atomic mass is 10.1. The van der Waals surface area contributed by atoms with Gasteiger partial charge >= 0.3 is 0 Å². The van der Waals surface area contributed by atoms with Gasteiger partial charge in [0.25, 0.3) is 11.8 Å². The molecule has 0 aliphatic carbocycles. The van der Waals surface area contributed by atoms with E-state index in [1.807, 2.05) is 36.6 Å². The molecule has 1 unspecified atom stereocenters. The van der Waals surface area contributed by atoms with Crippen molar-refractivity contribution in [3.63, 3.8) is 0 Å². The van der Waals surface area contributed by atoms with Gasteiger partial charge in [-0.05, 0) is 77.4 Å². The van der Waals surface area contributed by atoms with Crippen LogP contribution in [0.3, 0.4) is 0 Å². The zero-order valence-electron chi connectivity index (χ0n) is 30.0. The Bertz CT molecular complexity index is 2300. The number of nitrogens with one attached hydrogen (secondary N) is 3. The summed E-state index contributed by atoms with van der Waals surface area (Å²) < 4.78 is 16.4. The van der Waals surface area contributed by atoms with Crippen LogP contribution in [0.25, 0.3) is 28.1 Å². The van der Waals surface area contributed by atoms with Gasteiger partial charge in [0.05, 0.1) is 32.3 Å². The third-order valence-electron chi connectivity index (χ3n) is 8.34. The molecule has 1 atom stereocenters. The molecule has 0 radical (unpaired) electrons. The molecular weight excluding hydrogens is 721 g/mol. The van der Waals surface area contributed by atoms with Crippen LogP contribution < -0.4 is 30.2 Å². The van der Waals surface area contributed by atoms with Gasteiger partial charge in [0.1, 0.15) is 5.70 Å². The number of methoxy groups -OCH3 is 3. The highest BCUT2D eigenvalue weighted by Crippen LogP contribution is 2.39. The van der Waals surface area contributed by atoms with Crippen LogP contribution in [0.15, 0.2) is 125 Å². The molecule has 5 aromatic carbocycles. The number of hydrogen-bond acceptors (Lipinski definition) is 9. The van der Waals surface area contributed by atoms with Crippen LogP contribution in [0.5, 0.6) is 17.2 Å².